The van der Waals surface area contributed by atoms with Gasteiger partial charge in [-0.2, -0.15) is 0 Å². The molecule has 5 rings (SSSR count). The minimum atomic E-state index is -0.765. The average molecular weight is 446 g/mol. The van der Waals surface area contributed by atoms with Crippen molar-refractivity contribution in [1.29, 1.82) is 0 Å². The normalized spacial score (nSPS) is 24.8. The Balaban J connectivity index is 1.24. The van der Waals surface area contributed by atoms with Crippen molar-refractivity contribution >= 4 is 34.9 Å². The van der Waals surface area contributed by atoms with E-state index in [4.69, 9.17) is 4.74 Å². The summed E-state index contributed by atoms with van der Waals surface area (Å²) in [6, 6.07) is 11.0. The molecule has 0 radical (unpaired) electrons. The first-order valence-electron chi connectivity index (χ1n) is 10.5. The second-order valence-corrected chi connectivity index (χ2v) is 8.37. The van der Waals surface area contributed by atoms with E-state index in [1.165, 1.54) is 47.4 Å². The van der Waals surface area contributed by atoms with E-state index in [2.05, 4.69) is 0 Å². The van der Waals surface area contributed by atoms with Crippen molar-refractivity contribution in [2.24, 2.45) is 23.7 Å². The lowest BCUT2D eigenvalue weighted by atomic mass is 9.85. The van der Waals surface area contributed by atoms with Gasteiger partial charge in [-0.25, -0.2) is 4.79 Å². The molecular weight excluding hydrogens is 428 g/mol. The van der Waals surface area contributed by atoms with Crippen LogP contribution in [0.2, 0.25) is 0 Å². The maximum atomic E-state index is 12.9. The van der Waals surface area contributed by atoms with E-state index in [-0.39, 0.29) is 52.3 Å². The number of allylic oxidation sites excluding steroid dienone is 2. The Morgan fingerprint density at radius 1 is 0.970 bits per heavy atom. The van der Waals surface area contributed by atoms with Crippen LogP contribution in [0.25, 0.3) is 0 Å². The topological polar surface area (TPSA) is 124 Å². The zero-order valence-corrected chi connectivity index (χ0v) is 17.2. The maximum Gasteiger partial charge on any atom is 0.338 e. The van der Waals surface area contributed by atoms with Crippen molar-refractivity contribution in [1.82, 2.24) is 0 Å². The number of esters is 1. The largest absolute Gasteiger partial charge is 0.454 e. The van der Waals surface area contributed by atoms with Gasteiger partial charge in [0.1, 0.15) is 0 Å². The summed E-state index contributed by atoms with van der Waals surface area (Å²) in [7, 11) is 0. The first-order valence-corrected chi connectivity index (χ1v) is 10.5. The third-order valence-corrected chi connectivity index (χ3v) is 6.54. The van der Waals surface area contributed by atoms with Crippen molar-refractivity contribution in [2.75, 3.05) is 11.5 Å². The number of anilines is 1. The van der Waals surface area contributed by atoms with Crippen LogP contribution in [0.15, 0.2) is 60.7 Å². The molecule has 0 spiro atoms. The van der Waals surface area contributed by atoms with Crippen LogP contribution in [-0.4, -0.2) is 35.1 Å². The Hall–Kier alpha value is -4.14. The van der Waals surface area contributed by atoms with Gasteiger partial charge in [0.05, 0.1) is 28.0 Å². The van der Waals surface area contributed by atoms with E-state index in [9.17, 15) is 29.3 Å². The van der Waals surface area contributed by atoms with Crippen LogP contribution in [0.3, 0.4) is 0 Å². The summed E-state index contributed by atoms with van der Waals surface area (Å²) in [5.74, 6) is -2.16. The zero-order valence-electron chi connectivity index (χ0n) is 17.2. The number of rotatable bonds is 6. The molecular formula is C24H18N2O7. The number of fused-ring (bicyclic) bond motifs is 5. The minimum Gasteiger partial charge on any atom is -0.454 e. The Bertz CT molecular complexity index is 1200. The Labute approximate surface area is 187 Å². The predicted octanol–water partition coefficient (Wildman–Crippen LogP) is 2.95. The SMILES string of the molecule is O=C(COC(=O)c1ccc(N2C(=O)C3C4C=CC(C4)C3C2=O)cc1)c1cccc([N+](=O)[O-])c1. The first kappa shape index (κ1) is 20.7. The number of carbonyl (C=O) groups excluding carboxylic acids is 4. The van der Waals surface area contributed by atoms with Gasteiger partial charge in [0.15, 0.2) is 6.61 Å². The van der Waals surface area contributed by atoms with E-state index in [0.29, 0.717) is 5.69 Å². The second kappa shape index (κ2) is 7.77. The number of amides is 2. The molecule has 33 heavy (non-hydrogen) atoms. The molecule has 4 atom stereocenters. The fourth-order valence-corrected chi connectivity index (χ4v) is 4.99. The molecule has 2 aliphatic carbocycles. The van der Waals surface area contributed by atoms with Gasteiger partial charge in [0.25, 0.3) is 5.69 Å². The van der Waals surface area contributed by atoms with Crippen molar-refractivity contribution in [3.8, 4) is 0 Å². The highest BCUT2D eigenvalue weighted by atomic mass is 16.6. The van der Waals surface area contributed by atoms with Crippen LogP contribution >= 0.6 is 0 Å². The highest BCUT2D eigenvalue weighted by Gasteiger charge is 2.59. The van der Waals surface area contributed by atoms with Gasteiger partial charge in [-0.1, -0.05) is 24.3 Å². The van der Waals surface area contributed by atoms with Gasteiger partial charge >= 0.3 is 5.97 Å². The summed E-state index contributed by atoms with van der Waals surface area (Å²) in [6.45, 7) is -0.579. The van der Waals surface area contributed by atoms with Gasteiger partial charge in [-0.15, -0.1) is 0 Å². The molecule has 166 valence electrons. The smallest absolute Gasteiger partial charge is 0.338 e. The molecule has 1 aliphatic heterocycles. The van der Waals surface area contributed by atoms with Crippen molar-refractivity contribution < 1.29 is 28.8 Å². The van der Waals surface area contributed by atoms with Gasteiger partial charge in [0.2, 0.25) is 17.6 Å². The number of nitro benzene ring substituents is 1. The number of ether oxygens (including phenoxy) is 1. The van der Waals surface area contributed by atoms with E-state index in [1.807, 2.05) is 12.2 Å². The number of non-ortho nitro benzene ring substituents is 1. The third-order valence-electron chi connectivity index (χ3n) is 6.54. The predicted molar refractivity (Wildman–Crippen MR) is 114 cm³/mol. The van der Waals surface area contributed by atoms with Gasteiger partial charge < -0.3 is 4.74 Å². The van der Waals surface area contributed by atoms with Gasteiger partial charge in [0, 0.05) is 17.7 Å². The molecule has 3 aliphatic rings. The zero-order chi connectivity index (χ0) is 23.3. The Morgan fingerprint density at radius 3 is 2.21 bits per heavy atom. The van der Waals surface area contributed by atoms with E-state index in [0.717, 1.165) is 12.5 Å². The number of hydrogen-bond donors (Lipinski definition) is 0. The fourth-order valence-electron chi connectivity index (χ4n) is 4.99. The second-order valence-electron chi connectivity index (χ2n) is 8.37. The average Bonchev–Trinajstić information content (AvgIpc) is 3.51. The number of benzene rings is 2. The minimum absolute atomic E-state index is 0.0624. The summed E-state index contributed by atoms with van der Waals surface area (Å²) in [5, 5.41) is 10.8. The lowest BCUT2D eigenvalue weighted by molar-refractivity contribution is -0.384. The van der Waals surface area contributed by atoms with Crippen LogP contribution in [0.4, 0.5) is 11.4 Å². The molecule has 2 fully saturated rings. The number of nitro groups is 1. The molecule has 2 amide bonds. The molecule has 1 saturated carbocycles. The molecule has 4 unspecified atom stereocenters. The number of imide groups is 1. The fraction of sp³-hybridized carbons (Fsp3) is 0.250. The number of nitrogens with zero attached hydrogens (tertiary/aromatic N) is 2. The van der Waals surface area contributed by atoms with E-state index >= 15 is 0 Å². The van der Waals surface area contributed by atoms with Crippen LogP contribution < -0.4 is 4.90 Å². The highest BCUT2D eigenvalue weighted by molar-refractivity contribution is 6.22. The molecule has 9 nitrogen and oxygen atoms in total. The van der Waals surface area contributed by atoms with Crippen LogP contribution in [0, 0.1) is 33.8 Å². The van der Waals surface area contributed by atoms with Crippen molar-refractivity contribution in [3.63, 3.8) is 0 Å². The van der Waals surface area contributed by atoms with Crippen LogP contribution in [0.1, 0.15) is 27.1 Å². The first-order chi connectivity index (χ1) is 15.8. The maximum absolute atomic E-state index is 12.9. The molecule has 1 heterocycles. The molecule has 2 bridgehead atoms. The molecule has 2 aromatic rings. The standard InChI is InChI=1S/C24H18N2O7/c27-19(14-2-1-3-18(11-14)26(31)32)12-33-24(30)13-6-8-17(9-7-13)25-22(28)20-15-4-5-16(10-15)21(20)23(25)29/h1-9,11,15-16,20-21H,10,12H2. The summed E-state index contributed by atoms with van der Waals surface area (Å²) in [5.41, 5.74) is 0.365. The summed E-state index contributed by atoms with van der Waals surface area (Å²) in [6.07, 6.45) is 4.89. The van der Waals surface area contributed by atoms with Gasteiger partial charge in [-0.3, -0.25) is 29.4 Å². The number of Topliss-reactive ketones (excluding diaryl/α,β-unsaturated/α-hetero) is 1. The number of carbonyl (C=O) groups is 4. The monoisotopic (exact) mass is 446 g/mol. The van der Waals surface area contributed by atoms with Gasteiger partial charge in [-0.05, 0) is 42.5 Å². The molecule has 1 saturated heterocycles. The van der Waals surface area contributed by atoms with E-state index in [1.54, 1.807) is 0 Å². The van der Waals surface area contributed by atoms with Crippen LogP contribution in [-0.2, 0) is 14.3 Å². The van der Waals surface area contributed by atoms with Crippen molar-refractivity contribution in [3.05, 3.63) is 81.9 Å². The molecule has 9 heteroatoms. The summed E-state index contributed by atoms with van der Waals surface area (Å²) < 4.78 is 5.04. The lowest BCUT2D eigenvalue weighted by Crippen LogP contribution is -2.32. The van der Waals surface area contributed by atoms with E-state index < -0.39 is 23.3 Å². The number of ketones is 1. The molecule has 0 aromatic heterocycles. The summed E-state index contributed by atoms with van der Waals surface area (Å²) in [4.78, 5) is 61.7. The lowest BCUT2D eigenvalue weighted by Gasteiger charge is -2.17. The van der Waals surface area contributed by atoms with Crippen LogP contribution in [0.5, 0.6) is 0 Å². The highest BCUT2D eigenvalue weighted by Crippen LogP contribution is 2.53. The quantitative estimate of drug-likeness (QED) is 0.167. The Morgan fingerprint density at radius 2 is 1.61 bits per heavy atom. The molecule has 2 aromatic carbocycles. The third kappa shape index (κ3) is 3.42. The molecule has 0 N–H and O–H groups in total. The Kier molecular flexibility index (Phi) is 4.88. The summed E-state index contributed by atoms with van der Waals surface area (Å²) >= 11 is 0. The van der Waals surface area contributed by atoms with Crippen molar-refractivity contribution in [2.45, 2.75) is 6.42 Å². The number of hydrogen-bond acceptors (Lipinski definition) is 7.